The molecule has 1 fully saturated rings. The lowest BCUT2D eigenvalue weighted by Gasteiger charge is -2.31. The van der Waals surface area contributed by atoms with Crippen molar-refractivity contribution in [3.05, 3.63) is 24.3 Å². The molecular weight excluding hydrogens is 264 g/mol. The van der Waals surface area contributed by atoms with E-state index >= 15 is 0 Å². The van der Waals surface area contributed by atoms with Gasteiger partial charge in [-0.25, -0.2) is 0 Å². The molecule has 1 saturated heterocycles. The van der Waals surface area contributed by atoms with Gasteiger partial charge in [-0.05, 0) is 56.9 Å². The monoisotopic (exact) mass is 290 g/mol. The van der Waals surface area contributed by atoms with E-state index in [9.17, 15) is 4.79 Å². The zero-order chi connectivity index (χ0) is 15.2. The van der Waals surface area contributed by atoms with Crippen LogP contribution in [-0.2, 0) is 4.79 Å². The van der Waals surface area contributed by atoms with Gasteiger partial charge >= 0.3 is 0 Å². The molecule has 1 amide bonds. The highest BCUT2D eigenvalue weighted by Gasteiger charge is 2.20. The number of nitrogens with zero attached hydrogens (tertiary/aromatic N) is 1. The van der Waals surface area contributed by atoms with Gasteiger partial charge in [0.2, 0.25) is 5.91 Å². The molecular formula is C17H26N2O2. The summed E-state index contributed by atoms with van der Waals surface area (Å²) >= 11 is 0. The van der Waals surface area contributed by atoms with E-state index in [1.165, 1.54) is 6.42 Å². The Balaban J connectivity index is 1.80. The molecule has 1 heterocycles. The smallest absolute Gasteiger partial charge is 0.241 e. The van der Waals surface area contributed by atoms with Gasteiger partial charge in [-0.1, -0.05) is 6.92 Å². The van der Waals surface area contributed by atoms with E-state index in [0.717, 1.165) is 30.9 Å². The van der Waals surface area contributed by atoms with Crippen LogP contribution in [0.4, 0.5) is 5.69 Å². The van der Waals surface area contributed by atoms with Crippen LogP contribution in [0.2, 0.25) is 0 Å². The van der Waals surface area contributed by atoms with E-state index in [-0.39, 0.29) is 12.0 Å². The summed E-state index contributed by atoms with van der Waals surface area (Å²) in [5.74, 6) is 1.66. The number of hydrogen-bond donors (Lipinski definition) is 1. The average molecular weight is 290 g/mol. The van der Waals surface area contributed by atoms with Crippen molar-refractivity contribution in [2.45, 2.75) is 39.7 Å². The van der Waals surface area contributed by atoms with E-state index in [2.05, 4.69) is 12.2 Å². The third-order valence-electron chi connectivity index (χ3n) is 3.68. The van der Waals surface area contributed by atoms with Crippen molar-refractivity contribution in [2.24, 2.45) is 5.92 Å². The zero-order valence-corrected chi connectivity index (χ0v) is 13.3. The Hall–Kier alpha value is -1.71. The van der Waals surface area contributed by atoms with Crippen LogP contribution in [0.25, 0.3) is 0 Å². The molecule has 0 aliphatic carbocycles. The van der Waals surface area contributed by atoms with Gasteiger partial charge < -0.3 is 15.0 Å². The third-order valence-corrected chi connectivity index (χ3v) is 3.68. The number of carbonyl (C=O) groups excluding carboxylic acids is 1. The van der Waals surface area contributed by atoms with Crippen LogP contribution in [0, 0.1) is 5.92 Å². The normalized spacial score (nSPS) is 18.7. The Kier molecular flexibility index (Phi) is 5.48. The molecule has 116 valence electrons. The second-order valence-electron chi connectivity index (χ2n) is 6.13. The number of likely N-dealkylation sites (tertiary alicyclic amines) is 1. The lowest BCUT2D eigenvalue weighted by atomic mass is 10.0. The predicted molar refractivity (Wildman–Crippen MR) is 85.7 cm³/mol. The molecule has 0 saturated carbocycles. The second kappa shape index (κ2) is 7.34. The maximum atomic E-state index is 12.2. The summed E-state index contributed by atoms with van der Waals surface area (Å²) in [5, 5.41) is 3.19. The Morgan fingerprint density at radius 3 is 2.71 bits per heavy atom. The topological polar surface area (TPSA) is 41.6 Å². The van der Waals surface area contributed by atoms with E-state index in [1.807, 2.05) is 43.0 Å². The number of piperidine rings is 1. The van der Waals surface area contributed by atoms with Crippen LogP contribution in [0.15, 0.2) is 24.3 Å². The van der Waals surface area contributed by atoms with Crippen molar-refractivity contribution >= 4 is 11.6 Å². The van der Waals surface area contributed by atoms with Crippen molar-refractivity contribution < 1.29 is 9.53 Å². The van der Waals surface area contributed by atoms with Crippen LogP contribution >= 0.6 is 0 Å². The molecule has 4 heteroatoms. The Labute approximate surface area is 127 Å². The molecule has 1 aromatic carbocycles. The zero-order valence-electron chi connectivity index (χ0n) is 13.3. The minimum Gasteiger partial charge on any atom is -0.491 e. The molecule has 1 aromatic rings. The average Bonchev–Trinajstić information content (AvgIpc) is 2.45. The summed E-state index contributed by atoms with van der Waals surface area (Å²) < 4.78 is 5.60. The predicted octanol–water partition coefficient (Wildman–Crippen LogP) is 3.14. The summed E-state index contributed by atoms with van der Waals surface area (Å²) in [7, 11) is 0. The number of nitrogens with one attached hydrogen (secondary N) is 1. The highest BCUT2D eigenvalue weighted by Crippen LogP contribution is 2.18. The first-order chi connectivity index (χ1) is 10.0. The molecule has 1 unspecified atom stereocenters. The minimum absolute atomic E-state index is 0.173. The number of hydrogen-bond acceptors (Lipinski definition) is 3. The molecule has 21 heavy (non-hydrogen) atoms. The Morgan fingerprint density at radius 2 is 2.10 bits per heavy atom. The number of carbonyl (C=O) groups is 1. The fraction of sp³-hybridized carbons (Fsp3) is 0.588. The lowest BCUT2D eigenvalue weighted by Crippen LogP contribution is -2.41. The van der Waals surface area contributed by atoms with Gasteiger partial charge in [-0.3, -0.25) is 4.79 Å². The van der Waals surface area contributed by atoms with Gasteiger partial charge in [-0.15, -0.1) is 0 Å². The molecule has 1 aliphatic rings. The number of amides is 1. The van der Waals surface area contributed by atoms with E-state index < -0.39 is 0 Å². The van der Waals surface area contributed by atoms with Crippen molar-refractivity contribution in [3.63, 3.8) is 0 Å². The molecule has 0 aromatic heterocycles. The first-order valence-corrected chi connectivity index (χ1v) is 7.83. The first kappa shape index (κ1) is 15.7. The fourth-order valence-electron chi connectivity index (χ4n) is 2.63. The van der Waals surface area contributed by atoms with Crippen molar-refractivity contribution in [3.8, 4) is 5.75 Å². The van der Waals surface area contributed by atoms with Crippen LogP contribution in [0.3, 0.4) is 0 Å². The third kappa shape index (κ3) is 4.96. The fourth-order valence-corrected chi connectivity index (χ4v) is 2.63. The maximum Gasteiger partial charge on any atom is 0.241 e. The molecule has 1 aliphatic heterocycles. The number of rotatable bonds is 5. The van der Waals surface area contributed by atoms with Crippen LogP contribution in [-0.4, -0.2) is 36.5 Å². The number of benzene rings is 1. The summed E-state index contributed by atoms with van der Waals surface area (Å²) in [6.45, 7) is 8.36. The molecule has 0 spiro atoms. The highest BCUT2D eigenvalue weighted by atomic mass is 16.5. The Morgan fingerprint density at radius 1 is 1.38 bits per heavy atom. The van der Waals surface area contributed by atoms with Gasteiger partial charge in [0.05, 0.1) is 12.6 Å². The summed E-state index contributed by atoms with van der Waals surface area (Å²) in [4.78, 5) is 14.1. The van der Waals surface area contributed by atoms with Gasteiger partial charge in [0.25, 0.3) is 0 Å². The molecule has 0 bridgehead atoms. The van der Waals surface area contributed by atoms with Gasteiger partial charge in [0.15, 0.2) is 0 Å². The lowest BCUT2D eigenvalue weighted by molar-refractivity contribution is -0.130. The van der Waals surface area contributed by atoms with Crippen LogP contribution in [0.5, 0.6) is 5.75 Å². The molecule has 4 nitrogen and oxygen atoms in total. The summed E-state index contributed by atoms with van der Waals surface area (Å²) in [5.41, 5.74) is 0.949. The summed E-state index contributed by atoms with van der Waals surface area (Å²) in [6, 6.07) is 7.75. The number of anilines is 1. The van der Waals surface area contributed by atoms with Crippen molar-refractivity contribution in [1.29, 1.82) is 0 Å². The summed E-state index contributed by atoms with van der Waals surface area (Å²) in [6.07, 6.45) is 2.52. The van der Waals surface area contributed by atoms with Crippen molar-refractivity contribution in [1.82, 2.24) is 4.90 Å². The minimum atomic E-state index is 0.173. The van der Waals surface area contributed by atoms with Gasteiger partial charge in [-0.2, -0.15) is 0 Å². The second-order valence-corrected chi connectivity index (χ2v) is 6.13. The largest absolute Gasteiger partial charge is 0.491 e. The van der Waals surface area contributed by atoms with Crippen LogP contribution in [0.1, 0.15) is 33.6 Å². The van der Waals surface area contributed by atoms with Gasteiger partial charge in [0, 0.05) is 18.8 Å². The van der Waals surface area contributed by atoms with E-state index in [4.69, 9.17) is 4.74 Å². The Bertz CT molecular complexity index is 456. The molecule has 2 rings (SSSR count). The quantitative estimate of drug-likeness (QED) is 0.906. The highest BCUT2D eigenvalue weighted by molar-refractivity contribution is 5.81. The molecule has 0 radical (unpaired) electrons. The van der Waals surface area contributed by atoms with E-state index in [0.29, 0.717) is 12.5 Å². The molecule has 1 N–H and O–H groups in total. The maximum absolute atomic E-state index is 12.2. The SMILES string of the molecule is CC1CCCN(C(=O)CNc2ccc(OC(C)C)cc2)C1. The van der Waals surface area contributed by atoms with Crippen molar-refractivity contribution in [2.75, 3.05) is 25.0 Å². The van der Waals surface area contributed by atoms with Crippen LogP contribution < -0.4 is 10.1 Å². The standard InChI is InChI=1S/C17H26N2O2/c1-13(2)21-16-8-6-15(7-9-16)18-11-17(20)19-10-4-5-14(3)12-19/h6-9,13-14,18H,4-5,10-12H2,1-3H3. The number of ether oxygens (including phenoxy) is 1. The molecule has 1 atom stereocenters. The van der Waals surface area contributed by atoms with Gasteiger partial charge in [0.1, 0.15) is 5.75 Å². The first-order valence-electron chi connectivity index (χ1n) is 7.83. The van der Waals surface area contributed by atoms with E-state index in [1.54, 1.807) is 0 Å².